The lowest BCUT2D eigenvalue weighted by atomic mass is 9.88. The van der Waals surface area contributed by atoms with E-state index in [1.165, 1.54) is 0 Å². The Hall–Kier alpha value is -5.61. The number of benzene rings is 1. The number of amides is 1. The van der Waals surface area contributed by atoms with Gasteiger partial charge in [0.15, 0.2) is 5.78 Å². The van der Waals surface area contributed by atoms with Crippen molar-refractivity contribution in [2.75, 3.05) is 75.8 Å². The predicted molar refractivity (Wildman–Crippen MR) is 192 cm³/mol. The van der Waals surface area contributed by atoms with E-state index in [1.54, 1.807) is 25.6 Å². The highest BCUT2D eigenvalue weighted by Gasteiger charge is 2.39. The number of aliphatic carboxylic acids is 4. The quantitative estimate of drug-likeness (QED) is 0.153. The van der Waals surface area contributed by atoms with Crippen molar-refractivity contribution in [3.63, 3.8) is 0 Å². The summed E-state index contributed by atoms with van der Waals surface area (Å²) < 4.78 is 5.53. The van der Waals surface area contributed by atoms with Gasteiger partial charge in [-0.15, -0.1) is 0 Å². The van der Waals surface area contributed by atoms with Crippen molar-refractivity contribution in [1.82, 2.24) is 14.8 Å². The first-order valence-electron chi connectivity index (χ1n) is 16.7. The lowest BCUT2D eigenvalue weighted by molar-refractivity contribution is -0.134. The van der Waals surface area contributed by atoms with Gasteiger partial charge in [0.05, 0.1) is 24.0 Å². The fourth-order valence-electron chi connectivity index (χ4n) is 5.60. The number of carboxylic acid groups (broad SMARTS) is 4. The molecular weight excluding hydrogens is 678 g/mol. The van der Waals surface area contributed by atoms with Gasteiger partial charge in [0.25, 0.3) is 0 Å². The van der Waals surface area contributed by atoms with Crippen LogP contribution in [0.5, 0.6) is 5.75 Å². The van der Waals surface area contributed by atoms with Crippen LogP contribution in [0.15, 0.2) is 67.0 Å². The van der Waals surface area contributed by atoms with Crippen molar-refractivity contribution < 1.29 is 53.9 Å². The van der Waals surface area contributed by atoms with Crippen LogP contribution in [0.1, 0.15) is 37.0 Å². The molecule has 52 heavy (non-hydrogen) atoms. The number of ketones is 1. The number of rotatable bonds is 15. The van der Waals surface area contributed by atoms with Crippen molar-refractivity contribution in [1.29, 1.82) is 0 Å². The highest BCUT2D eigenvalue weighted by Crippen LogP contribution is 2.32. The Morgan fingerprint density at radius 2 is 1.38 bits per heavy atom. The normalized spacial score (nSPS) is 15.8. The molecule has 0 aliphatic carbocycles. The number of pyridine rings is 1. The van der Waals surface area contributed by atoms with Crippen LogP contribution in [0.4, 0.5) is 11.4 Å². The molecule has 0 bridgehead atoms. The third-order valence-corrected chi connectivity index (χ3v) is 8.25. The Bertz CT molecular complexity index is 1520. The highest BCUT2D eigenvalue weighted by atomic mass is 16.5. The number of Topliss-reactive ketones (excluding diaryl/α,β-unsaturated/α-hetero) is 1. The molecule has 1 saturated heterocycles. The molecule has 1 amide bonds. The minimum Gasteiger partial charge on any atom is -0.495 e. The minimum absolute atomic E-state index is 0.0640. The number of nitrogens with zero attached hydrogens (tertiary/aromatic N) is 5. The number of piperazine rings is 1. The van der Waals surface area contributed by atoms with Gasteiger partial charge in [0.1, 0.15) is 11.7 Å². The Morgan fingerprint density at radius 3 is 1.90 bits per heavy atom. The second-order valence-electron chi connectivity index (χ2n) is 11.5. The summed E-state index contributed by atoms with van der Waals surface area (Å²) in [5.74, 6) is -4.93. The summed E-state index contributed by atoms with van der Waals surface area (Å²) in [4.78, 5) is 78.1. The molecule has 3 heterocycles. The van der Waals surface area contributed by atoms with Crippen molar-refractivity contribution in [3.8, 4) is 5.75 Å². The number of methoxy groups -OCH3 is 1. The molecule has 1 aromatic heterocycles. The molecule has 0 spiro atoms. The SMILES string of the molecule is CCN(CC)CCCN1C(=O)C(CCN2CCN(c3ccccc3OC)CC2)C(=O)c2cnccc21.O=C(O)C=CC(=O)O.O=C(O)C=CC(=O)O. The van der Waals surface area contributed by atoms with Crippen molar-refractivity contribution >= 4 is 46.9 Å². The van der Waals surface area contributed by atoms with Crippen LogP contribution in [0, 0.1) is 5.92 Å². The average molecular weight is 726 g/mol. The number of para-hydroxylation sites is 2. The van der Waals surface area contributed by atoms with Crippen LogP contribution in [-0.2, 0) is 24.0 Å². The lowest BCUT2D eigenvalue weighted by Gasteiger charge is -2.38. The zero-order valence-electron chi connectivity index (χ0n) is 29.6. The van der Waals surface area contributed by atoms with Gasteiger partial charge < -0.3 is 39.9 Å². The number of hydrogen-bond acceptors (Lipinski definition) is 11. The smallest absolute Gasteiger partial charge is 0.328 e. The van der Waals surface area contributed by atoms with E-state index in [2.05, 4.69) is 39.6 Å². The van der Waals surface area contributed by atoms with Crippen LogP contribution in [0.25, 0.3) is 0 Å². The van der Waals surface area contributed by atoms with E-state index in [0.29, 0.717) is 48.5 Å². The van der Waals surface area contributed by atoms with Crippen molar-refractivity contribution in [2.45, 2.75) is 26.7 Å². The van der Waals surface area contributed by atoms with E-state index < -0.39 is 29.8 Å². The maximum Gasteiger partial charge on any atom is 0.328 e. The Morgan fingerprint density at radius 1 is 0.827 bits per heavy atom. The van der Waals surface area contributed by atoms with Gasteiger partial charge in [0.2, 0.25) is 5.91 Å². The molecule has 2 aliphatic rings. The van der Waals surface area contributed by atoms with Crippen LogP contribution >= 0.6 is 0 Å². The Balaban J connectivity index is 0.000000487. The summed E-state index contributed by atoms with van der Waals surface area (Å²) in [5.41, 5.74) is 2.40. The predicted octanol–water partition coefficient (Wildman–Crippen LogP) is 2.60. The van der Waals surface area contributed by atoms with Gasteiger partial charge in [-0.25, -0.2) is 19.2 Å². The molecule has 2 aromatic rings. The summed E-state index contributed by atoms with van der Waals surface area (Å²) in [6.07, 6.45) is 6.93. The van der Waals surface area contributed by atoms with E-state index in [0.717, 1.165) is 70.2 Å². The molecule has 16 nitrogen and oxygen atoms in total. The van der Waals surface area contributed by atoms with Crippen LogP contribution < -0.4 is 14.5 Å². The second kappa shape index (κ2) is 22.3. The molecule has 0 saturated carbocycles. The molecule has 2 aliphatic heterocycles. The van der Waals surface area contributed by atoms with Crippen molar-refractivity contribution in [2.24, 2.45) is 5.92 Å². The first-order chi connectivity index (χ1) is 24.8. The van der Waals surface area contributed by atoms with E-state index in [9.17, 15) is 28.8 Å². The Labute approximate surface area is 302 Å². The number of fused-ring (bicyclic) bond motifs is 1. The number of anilines is 2. The van der Waals surface area contributed by atoms with Crippen LogP contribution in [-0.4, -0.2) is 137 Å². The molecule has 0 radical (unpaired) electrons. The number of carbonyl (C=O) groups excluding carboxylic acids is 2. The van der Waals surface area contributed by atoms with Gasteiger partial charge in [0, 0.05) is 69.4 Å². The van der Waals surface area contributed by atoms with E-state index >= 15 is 0 Å². The lowest BCUT2D eigenvalue weighted by Crippen LogP contribution is -2.49. The molecule has 16 heteroatoms. The maximum absolute atomic E-state index is 13.5. The standard InChI is InChI=1S/C28H39N5O3.2C4H4O4/c1-4-30(5-2)14-8-15-33-24-11-13-29-21-23(24)27(34)22(28(33)35)12-16-31-17-19-32(20-18-31)25-9-6-7-10-26(25)36-3;2*5-3(6)1-2-4(7)8/h6-7,9-11,13,21-22H,4-5,8,12,14-20H2,1-3H3;2*1-2H,(H,5,6)(H,7,8). The summed E-state index contributed by atoms with van der Waals surface area (Å²) in [6.45, 7) is 12.1. The molecule has 1 aromatic carbocycles. The fraction of sp³-hybridized carbons (Fsp3) is 0.417. The van der Waals surface area contributed by atoms with Gasteiger partial charge in [-0.2, -0.15) is 0 Å². The van der Waals surface area contributed by atoms with Gasteiger partial charge in [-0.1, -0.05) is 26.0 Å². The number of carbonyl (C=O) groups is 6. The molecule has 1 atom stereocenters. The van der Waals surface area contributed by atoms with Crippen LogP contribution in [0.2, 0.25) is 0 Å². The topological polar surface area (TPSA) is 218 Å². The molecular formula is C36H47N5O11. The minimum atomic E-state index is -1.26. The maximum atomic E-state index is 13.5. The highest BCUT2D eigenvalue weighted by molar-refractivity contribution is 6.21. The van der Waals surface area contributed by atoms with Gasteiger partial charge in [-0.3, -0.25) is 19.5 Å². The number of ether oxygens (including phenoxy) is 1. The number of aromatic nitrogens is 1. The average Bonchev–Trinajstić information content (AvgIpc) is 3.13. The van der Waals surface area contributed by atoms with Crippen LogP contribution in [0.3, 0.4) is 0 Å². The Kier molecular flexibility index (Phi) is 18.2. The van der Waals surface area contributed by atoms with E-state index in [4.69, 9.17) is 25.2 Å². The fourth-order valence-corrected chi connectivity index (χ4v) is 5.60. The largest absolute Gasteiger partial charge is 0.495 e. The number of hydrogen-bond donors (Lipinski definition) is 4. The molecule has 1 unspecified atom stereocenters. The first-order valence-corrected chi connectivity index (χ1v) is 16.7. The number of carboxylic acids is 4. The molecule has 4 N–H and O–H groups in total. The summed E-state index contributed by atoms with van der Waals surface area (Å²) >= 11 is 0. The first kappa shape index (κ1) is 42.6. The molecule has 1 fully saturated rings. The zero-order chi connectivity index (χ0) is 38.6. The third-order valence-electron chi connectivity index (χ3n) is 8.25. The molecule has 282 valence electrons. The van der Waals surface area contributed by atoms with Gasteiger partial charge in [-0.05, 0) is 57.2 Å². The third kappa shape index (κ3) is 14.0. The summed E-state index contributed by atoms with van der Waals surface area (Å²) in [5, 5.41) is 31.2. The summed E-state index contributed by atoms with van der Waals surface area (Å²) in [7, 11) is 1.70. The van der Waals surface area contributed by atoms with Gasteiger partial charge >= 0.3 is 23.9 Å². The monoisotopic (exact) mass is 725 g/mol. The molecule has 4 rings (SSSR count). The van der Waals surface area contributed by atoms with Crippen molar-refractivity contribution in [3.05, 3.63) is 72.6 Å². The zero-order valence-corrected chi connectivity index (χ0v) is 29.6. The van der Waals surface area contributed by atoms with E-state index in [1.807, 2.05) is 23.1 Å². The second-order valence-corrected chi connectivity index (χ2v) is 11.5. The van der Waals surface area contributed by atoms with E-state index in [-0.39, 0.29) is 11.7 Å². The summed E-state index contributed by atoms with van der Waals surface area (Å²) in [6, 6.07) is 9.90.